The number of rotatable bonds is 3. The Labute approximate surface area is 128 Å². The molecule has 0 saturated carbocycles. The third-order valence-electron chi connectivity index (χ3n) is 2.93. The van der Waals surface area contributed by atoms with Crippen molar-refractivity contribution in [1.29, 1.82) is 0 Å². The highest BCUT2D eigenvalue weighted by Crippen LogP contribution is 2.26. The van der Waals surface area contributed by atoms with E-state index in [1.54, 1.807) is 6.07 Å². The van der Waals surface area contributed by atoms with Crippen molar-refractivity contribution in [1.82, 2.24) is 4.98 Å². The monoisotopic (exact) mass is 314 g/mol. The van der Waals surface area contributed by atoms with Gasteiger partial charge < -0.3 is 5.32 Å². The van der Waals surface area contributed by atoms with Crippen LogP contribution in [0, 0.1) is 10.1 Å². The van der Waals surface area contributed by atoms with E-state index in [0.717, 1.165) is 28.3 Å². The Morgan fingerprint density at radius 1 is 1.14 bits per heavy atom. The fraction of sp³-hybridized carbons (Fsp3) is 0. The lowest BCUT2D eigenvalue weighted by Crippen LogP contribution is -2.19. The van der Waals surface area contributed by atoms with Crippen molar-refractivity contribution in [3.05, 3.63) is 58.8 Å². The van der Waals surface area contributed by atoms with Crippen molar-refractivity contribution in [2.45, 2.75) is 0 Å². The molecule has 0 spiro atoms. The molecule has 3 rings (SSSR count). The van der Waals surface area contributed by atoms with E-state index < -0.39 is 11.0 Å². The lowest BCUT2D eigenvalue weighted by molar-refractivity contribution is -0.380. The molecular formula is C14H10N4O3S. The van der Waals surface area contributed by atoms with Crippen molar-refractivity contribution >= 4 is 44.0 Å². The molecule has 0 radical (unpaired) electrons. The second-order valence-corrected chi connectivity index (χ2v) is 5.38. The van der Waals surface area contributed by atoms with Gasteiger partial charge in [-0.05, 0) is 22.8 Å². The molecular weight excluding hydrogens is 304 g/mol. The van der Waals surface area contributed by atoms with Crippen LogP contribution in [0.1, 0.15) is 0 Å². The molecule has 8 heteroatoms. The molecule has 0 aliphatic rings. The number of carbonyl (C=O) groups is 1. The van der Waals surface area contributed by atoms with E-state index in [4.69, 9.17) is 0 Å². The molecule has 0 bridgehead atoms. The van der Waals surface area contributed by atoms with Crippen LogP contribution in [0.25, 0.3) is 10.8 Å². The molecule has 2 amide bonds. The predicted molar refractivity (Wildman–Crippen MR) is 85.4 cm³/mol. The zero-order valence-electron chi connectivity index (χ0n) is 11.1. The number of nitro groups is 1. The van der Waals surface area contributed by atoms with Gasteiger partial charge in [-0.15, -0.1) is 0 Å². The molecule has 1 heterocycles. The first kappa shape index (κ1) is 14.0. The van der Waals surface area contributed by atoms with Crippen LogP contribution in [0.4, 0.5) is 20.6 Å². The summed E-state index contributed by atoms with van der Waals surface area (Å²) in [5.74, 6) is 0. The van der Waals surface area contributed by atoms with Crippen LogP contribution >= 0.6 is 11.3 Å². The number of thiazole rings is 1. The van der Waals surface area contributed by atoms with Gasteiger partial charge in [0.1, 0.15) is 6.20 Å². The lowest BCUT2D eigenvalue weighted by atomic mass is 10.1. The minimum absolute atomic E-state index is 0.125. The van der Waals surface area contributed by atoms with E-state index in [1.165, 1.54) is 0 Å². The van der Waals surface area contributed by atoms with Crippen molar-refractivity contribution in [3.63, 3.8) is 0 Å². The maximum Gasteiger partial charge on any atom is 0.345 e. The van der Waals surface area contributed by atoms with Gasteiger partial charge in [0.15, 0.2) is 5.13 Å². The number of hydrogen-bond acceptors (Lipinski definition) is 5. The molecule has 0 unspecified atom stereocenters. The summed E-state index contributed by atoms with van der Waals surface area (Å²) in [6.45, 7) is 0. The van der Waals surface area contributed by atoms with Crippen molar-refractivity contribution in [2.24, 2.45) is 0 Å². The number of benzene rings is 2. The number of nitrogens with one attached hydrogen (secondary N) is 2. The van der Waals surface area contributed by atoms with E-state index in [-0.39, 0.29) is 10.1 Å². The molecule has 3 aromatic rings. The van der Waals surface area contributed by atoms with Gasteiger partial charge in [0, 0.05) is 5.39 Å². The van der Waals surface area contributed by atoms with Gasteiger partial charge in [-0.3, -0.25) is 15.4 Å². The number of hydrogen-bond donors (Lipinski definition) is 2. The summed E-state index contributed by atoms with van der Waals surface area (Å²) in [6, 6.07) is 12.7. The predicted octanol–water partition coefficient (Wildman–Crippen LogP) is 3.85. The molecule has 22 heavy (non-hydrogen) atoms. The lowest BCUT2D eigenvalue weighted by Gasteiger charge is -2.08. The number of anilines is 2. The van der Waals surface area contributed by atoms with Crippen molar-refractivity contribution in [3.8, 4) is 0 Å². The summed E-state index contributed by atoms with van der Waals surface area (Å²) in [7, 11) is 0. The molecule has 0 atom stereocenters. The third-order valence-corrected chi connectivity index (χ3v) is 3.80. The van der Waals surface area contributed by atoms with Crippen LogP contribution in [0.15, 0.2) is 48.7 Å². The topological polar surface area (TPSA) is 97.2 Å². The summed E-state index contributed by atoms with van der Waals surface area (Å²) in [6.07, 6.45) is 1.11. The average Bonchev–Trinajstić information content (AvgIpc) is 2.96. The molecule has 0 fully saturated rings. The Hall–Kier alpha value is -3.00. The number of urea groups is 1. The SMILES string of the molecule is O=C(Nc1ncc([N+](=O)[O-])s1)Nc1cccc2ccccc12. The fourth-order valence-electron chi connectivity index (χ4n) is 1.99. The highest BCUT2D eigenvalue weighted by Gasteiger charge is 2.13. The molecule has 7 nitrogen and oxygen atoms in total. The zero-order valence-corrected chi connectivity index (χ0v) is 12.0. The van der Waals surface area contributed by atoms with Crippen LogP contribution in [-0.4, -0.2) is 15.9 Å². The molecule has 0 saturated heterocycles. The Kier molecular flexibility index (Phi) is 3.67. The molecule has 1 aromatic heterocycles. The van der Waals surface area contributed by atoms with Gasteiger partial charge in [-0.2, -0.15) is 0 Å². The Bertz CT molecular complexity index is 857. The standard InChI is InChI=1S/C14H10N4O3S/c19-13(17-14-15-8-12(22-14)18(20)21)16-11-7-3-5-9-4-1-2-6-10(9)11/h1-8H,(H2,15,16,17,19). The van der Waals surface area contributed by atoms with Crippen LogP contribution < -0.4 is 10.6 Å². The maximum atomic E-state index is 12.0. The summed E-state index contributed by atoms with van der Waals surface area (Å²) in [5, 5.41) is 17.7. The van der Waals surface area contributed by atoms with Crippen LogP contribution in [-0.2, 0) is 0 Å². The largest absolute Gasteiger partial charge is 0.345 e. The Morgan fingerprint density at radius 2 is 1.91 bits per heavy atom. The Balaban J connectivity index is 1.77. The molecule has 0 aliphatic carbocycles. The van der Waals surface area contributed by atoms with Gasteiger partial charge in [-0.1, -0.05) is 36.4 Å². The molecule has 110 valence electrons. The molecule has 2 N–H and O–H groups in total. The van der Waals surface area contributed by atoms with Gasteiger partial charge in [0.25, 0.3) is 0 Å². The van der Waals surface area contributed by atoms with Gasteiger partial charge in [0.2, 0.25) is 0 Å². The van der Waals surface area contributed by atoms with E-state index in [0.29, 0.717) is 5.69 Å². The van der Waals surface area contributed by atoms with E-state index in [2.05, 4.69) is 15.6 Å². The second-order valence-electron chi connectivity index (χ2n) is 4.37. The smallest absolute Gasteiger partial charge is 0.307 e. The number of nitrogens with zero attached hydrogens (tertiary/aromatic N) is 2. The zero-order chi connectivity index (χ0) is 15.5. The van der Waals surface area contributed by atoms with E-state index in [1.807, 2.05) is 36.4 Å². The van der Waals surface area contributed by atoms with Gasteiger partial charge in [-0.25, -0.2) is 9.78 Å². The number of amides is 2. The van der Waals surface area contributed by atoms with Crippen molar-refractivity contribution < 1.29 is 9.72 Å². The summed E-state index contributed by atoms with van der Waals surface area (Å²) >= 11 is 0.801. The Morgan fingerprint density at radius 3 is 2.68 bits per heavy atom. The van der Waals surface area contributed by atoms with Crippen LogP contribution in [0.3, 0.4) is 0 Å². The van der Waals surface area contributed by atoms with E-state index in [9.17, 15) is 14.9 Å². The van der Waals surface area contributed by atoms with Gasteiger partial charge in [0.05, 0.1) is 10.6 Å². The minimum Gasteiger partial charge on any atom is -0.307 e. The quantitative estimate of drug-likeness (QED) is 0.567. The normalized spacial score (nSPS) is 10.4. The van der Waals surface area contributed by atoms with Crippen LogP contribution in [0.2, 0.25) is 0 Å². The highest BCUT2D eigenvalue weighted by atomic mass is 32.1. The summed E-state index contributed by atoms with van der Waals surface area (Å²) in [4.78, 5) is 25.8. The first-order valence-electron chi connectivity index (χ1n) is 6.29. The third kappa shape index (κ3) is 2.86. The highest BCUT2D eigenvalue weighted by molar-refractivity contribution is 7.18. The first-order valence-corrected chi connectivity index (χ1v) is 7.11. The first-order chi connectivity index (χ1) is 10.6. The van der Waals surface area contributed by atoms with Gasteiger partial charge >= 0.3 is 11.0 Å². The summed E-state index contributed by atoms with van der Waals surface area (Å²) < 4.78 is 0. The number of carbonyl (C=O) groups excluding carboxylic acids is 1. The minimum atomic E-state index is -0.550. The number of fused-ring (bicyclic) bond motifs is 1. The fourth-order valence-corrected chi connectivity index (χ4v) is 2.62. The van der Waals surface area contributed by atoms with Crippen molar-refractivity contribution in [2.75, 3.05) is 10.6 Å². The maximum absolute atomic E-state index is 12.0. The second kappa shape index (κ2) is 5.78. The molecule has 2 aromatic carbocycles. The molecule has 0 aliphatic heterocycles. The summed E-state index contributed by atoms with van der Waals surface area (Å²) in [5.41, 5.74) is 0.654. The van der Waals surface area contributed by atoms with Crippen LogP contribution in [0.5, 0.6) is 0 Å². The number of aromatic nitrogens is 1. The van der Waals surface area contributed by atoms with E-state index >= 15 is 0 Å². The average molecular weight is 314 g/mol.